The van der Waals surface area contributed by atoms with Crippen LogP contribution in [0.3, 0.4) is 0 Å². The second kappa shape index (κ2) is 54.2. The monoisotopic (exact) mass is 842 g/mol. The van der Waals surface area contributed by atoms with E-state index in [9.17, 15) is 9.90 Å². The SMILES string of the molecule is CCCCCCCCCCCCCCCCCCCCCCCCN(CCCCCCCCCCCCCCCCCCCCCCCC)C(CCCC)C(=O)[O-].[K+]. The second-order valence-electron chi connectivity index (χ2n) is 18.9. The van der Waals surface area contributed by atoms with Gasteiger partial charge < -0.3 is 9.90 Å². The van der Waals surface area contributed by atoms with Gasteiger partial charge in [-0.3, -0.25) is 4.90 Å². The topological polar surface area (TPSA) is 43.4 Å². The van der Waals surface area contributed by atoms with Gasteiger partial charge >= 0.3 is 51.4 Å². The second-order valence-corrected chi connectivity index (χ2v) is 18.9. The van der Waals surface area contributed by atoms with Crippen molar-refractivity contribution >= 4 is 5.97 Å². The van der Waals surface area contributed by atoms with Crippen molar-refractivity contribution in [3.05, 3.63) is 0 Å². The number of carbonyl (C=O) groups is 1. The average molecular weight is 843 g/mol. The van der Waals surface area contributed by atoms with Crippen LogP contribution < -0.4 is 56.5 Å². The number of unbranched alkanes of at least 4 members (excludes halogenated alkanes) is 43. The number of hydrogen-bond donors (Lipinski definition) is 0. The molecule has 58 heavy (non-hydrogen) atoms. The molecule has 0 aromatic carbocycles. The van der Waals surface area contributed by atoms with Crippen LogP contribution in [0.5, 0.6) is 0 Å². The molecule has 0 amide bonds. The van der Waals surface area contributed by atoms with Gasteiger partial charge in [-0.15, -0.1) is 0 Å². The fourth-order valence-corrected chi connectivity index (χ4v) is 9.12. The van der Waals surface area contributed by atoms with E-state index in [0.717, 1.165) is 45.2 Å². The molecule has 0 spiro atoms. The Bertz CT molecular complexity index is 699. The first kappa shape index (κ1) is 61.2. The van der Waals surface area contributed by atoms with E-state index in [2.05, 4.69) is 25.7 Å². The number of hydrogen-bond acceptors (Lipinski definition) is 3. The number of rotatable bonds is 51. The van der Waals surface area contributed by atoms with Crippen molar-refractivity contribution in [1.29, 1.82) is 0 Å². The molecule has 0 saturated heterocycles. The van der Waals surface area contributed by atoms with Crippen molar-refractivity contribution in [2.45, 2.75) is 329 Å². The standard InChI is InChI=1S/C54H109NO2.K/c1-4-7-10-12-14-16-18-20-22-24-26-28-30-32-34-36-38-40-42-44-46-48-51-55(53(54(56)57)50-9-6-3)52-49-47-45-43-41-39-37-35-33-31-29-27-25-23-21-19-17-15-13-11-8-5-2;/h53H,4-52H2,1-3H3,(H,56,57);/q;+1/p-1. The van der Waals surface area contributed by atoms with Crippen LogP contribution in [-0.2, 0) is 4.79 Å². The number of carboxylic acid groups (broad SMARTS) is 1. The predicted molar refractivity (Wildman–Crippen MR) is 254 cm³/mol. The Hall–Kier alpha value is 1.07. The maximum absolute atomic E-state index is 12.1. The van der Waals surface area contributed by atoms with Gasteiger partial charge in [0.1, 0.15) is 0 Å². The van der Waals surface area contributed by atoms with Crippen LogP contribution in [0.4, 0.5) is 0 Å². The zero-order valence-corrected chi connectivity index (χ0v) is 44.1. The molecule has 0 heterocycles. The molecule has 4 heteroatoms. The van der Waals surface area contributed by atoms with Crippen LogP contribution >= 0.6 is 0 Å². The summed E-state index contributed by atoms with van der Waals surface area (Å²) < 4.78 is 0. The minimum atomic E-state index is -0.846. The molecule has 3 nitrogen and oxygen atoms in total. The number of nitrogens with zero attached hydrogens (tertiary/aromatic N) is 1. The molecule has 0 aromatic heterocycles. The van der Waals surface area contributed by atoms with Gasteiger partial charge in [0.25, 0.3) is 0 Å². The zero-order chi connectivity index (χ0) is 41.4. The summed E-state index contributed by atoms with van der Waals surface area (Å²) in [5.74, 6) is -0.846. The third-order valence-electron chi connectivity index (χ3n) is 13.1. The summed E-state index contributed by atoms with van der Waals surface area (Å²) in [4.78, 5) is 14.4. The van der Waals surface area contributed by atoms with Crippen molar-refractivity contribution in [2.75, 3.05) is 13.1 Å². The van der Waals surface area contributed by atoms with Crippen LogP contribution in [0, 0.1) is 0 Å². The first-order valence-corrected chi connectivity index (χ1v) is 27.1. The molecule has 0 aliphatic heterocycles. The third-order valence-corrected chi connectivity index (χ3v) is 13.1. The third kappa shape index (κ3) is 48.1. The molecule has 0 rings (SSSR count). The maximum Gasteiger partial charge on any atom is 1.00 e. The Labute approximate surface area is 410 Å². The molecule has 0 aromatic rings. The van der Waals surface area contributed by atoms with E-state index in [1.165, 1.54) is 270 Å². The van der Waals surface area contributed by atoms with Gasteiger partial charge in [-0.25, -0.2) is 0 Å². The van der Waals surface area contributed by atoms with E-state index in [1.807, 2.05) is 0 Å². The van der Waals surface area contributed by atoms with Crippen LogP contribution in [0.2, 0.25) is 0 Å². The summed E-state index contributed by atoms with van der Waals surface area (Å²) in [5.41, 5.74) is 0. The Morgan fingerprint density at radius 1 is 0.310 bits per heavy atom. The van der Waals surface area contributed by atoms with Crippen LogP contribution in [-0.4, -0.2) is 30.0 Å². The largest absolute Gasteiger partial charge is 1.00 e. The molecule has 0 N–H and O–H groups in total. The Balaban J connectivity index is 0. The molecular weight excluding hydrogens is 734 g/mol. The van der Waals surface area contributed by atoms with Crippen LogP contribution in [0.15, 0.2) is 0 Å². The summed E-state index contributed by atoms with van der Waals surface area (Å²) in [6.07, 6.45) is 64.5. The van der Waals surface area contributed by atoms with Gasteiger partial charge in [-0.2, -0.15) is 0 Å². The number of carbonyl (C=O) groups excluding carboxylic acids is 1. The van der Waals surface area contributed by atoms with Gasteiger partial charge in [0.2, 0.25) is 0 Å². The predicted octanol–water partition coefficient (Wildman–Crippen LogP) is 14.8. The molecule has 0 aliphatic rings. The molecule has 0 radical (unpaired) electrons. The first-order chi connectivity index (χ1) is 28.2. The van der Waals surface area contributed by atoms with E-state index in [-0.39, 0.29) is 51.4 Å². The number of carboxylic acids is 1. The summed E-state index contributed by atoms with van der Waals surface area (Å²) in [5, 5.41) is 12.1. The summed E-state index contributed by atoms with van der Waals surface area (Å²) in [6, 6.07) is -0.394. The normalized spacial score (nSPS) is 12.1. The molecule has 1 atom stereocenters. The first-order valence-electron chi connectivity index (χ1n) is 27.1. The summed E-state index contributed by atoms with van der Waals surface area (Å²) in [6.45, 7) is 8.63. The molecule has 0 saturated carbocycles. The zero-order valence-electron chi connectivity index (χ0n) is 41.0. The van der Waals surface area contributed by atoms with Gasteiger partial charge in [-0.05, 0) is 32.4 Å². The average Bonchev–Trinajstić information content (AvgIpc) is 3.21. The molecule has 0 fully saturated rings. The van der Waals surface area contributed by atoms with Gasteiger partial charge in [0, 0.05) is 6.04 Å². The van der Waals surface area contributed by atoms with E-state index >= 15 is 0 Å². The Morgan fingerprint density at radius 2 is 0.483 bits per heavy atom. The quantitative estimate of drug-likeness (QED) is 0.0453. The van der Waals surface area contributed by atoms with E-state index in [1.54, 1.807) is 0 Å². The van der Waals surface area contributed by atoms with Crippen molar-refractivity contribution in [3.63, 3.8) is 0 Å². The molecule has 0 bridgehead atoms. The minimum Gasteiger partial charge on any atom is -0.548 e. The Morgan fingerprint density at radius 3 is 0.655 bits per heavy atom. The number of aliphatic carboxylic acids is 1. The van der Waals surface area contributed by atoms with Crippen molar-refractivity contribution in [1.82, 2.24) is 4.90 Å². The fourth-order valence-electron chi connectivity index (χ4n) is 9.12. The summed E-state index contributed by atoms with van der Waals surface area (Å²) >= 11 is 0. The van der Waals surface area contributed by atoms with E-state index < -0.39 is 12.0 Å². The van der Waals surface area contributed by atoms with Gasteiger partial charge in [-0.1, -0.05) is 303 Å². The molecule has 342 valence electrons. The molecular formula is C54H108KNO2. The smallest absolute Gasteiger partial charge is 0.548 e. The van der Waals surface area contributed by atoms with Crippen molar-refractivity contribution in [2.24, 2.45) is 0 Å². The van der Waals surface area contributed by atoms with Gasteiger partial charge in [0.15, 0.2) is 0 Å². The van der Waals surface area contributed by atoms with Crippen molar-refractivity contribution < 1.29 is 61.3 Å². The fraction of sp³-hybridized carbons (Fsp3) is 0.981. The van der Waals surface area contributed by atoms with E-state index in [0.29, 0.717) is 0 Å². The molecule has 1 unspecified atom stereocenters. The summed E-state index contributed by atoms with van der Waals surface area (Å²) in [7, 11) is 0. The maximum atomic E-state index is 12.1. The molecule has 0 aliphatic carbocycles. The Kier molecular flexibility index (Phi) is 57.1. The minimum absolute atomic E-state index is 0. The van der Waals surface area contributed by atoms with E-state index in [4.69, 9.17) is 0 Å². The van der Waals surface area contributed by atoms with Crippen molar-refractivity contribution in [3.8, 4) is 0 Å². The van der Waals surface area contributed by atoms with Crippen LogP contribution in [0.1, 0.15) is 323 Å². The van der Waals surface area contributed by atoms with Crippen LogP contribution in [0.25, 0.3) is 0 Å². The van der Waals surface area contributed by atoms with Gasteiger partial charge in [0.05, 0.1) is 5.97 Å².